The van der Waals surface area contributed by atoms with Crippen LogP contribution in [0, 0.1) is 0 Å². The smallest absolute Gasteiger partial charge is 0.322 e. The molecule has 6 N–H and O–H groups in total. The van der Waals surface area contributed by atoms with Crippen LogP contribution in [0.4, 0.5) is 0 Å². The second-order valence-electron chi connectivity index (χ2n) is 7.03. The molecule has 5 rings (SSSR count). The number of carbonyl (C=O) groups is 1. The molecule has 31 heavy (non-hydrogen) atoms. The van der Waals surface area contributed by atoms with Gasteiger partial charge in [0.1, 0.15) is 6.04 Å². The number of nitrogens with one attached hydrogen (secondary N) is 2. The molecule has 0 amide bonds. The molecule has 8 bridgehead atoms. The standard InChI is InChI=1S/C20H14N4.C3H7NO3/c1-2-14-10-16-5-6-18(23-16)12-20-8-7-19(24-20)11-17-4-3-15(22-17)9-13(1)21-14;4-2(1-5)3(6)7/h1-12,21-22H;2,5H,1,4H2,(H,6,7)/t;2-/m.0/s1. The average Bonchev–Trinajstić information content (AvgIpc) is 3.53. The topological polar surface area (TPSA) is 141 Å². The fourth-order valence-electron chi connectivity index (χ4n) is 3.02. The number of aliphatic carboxylic acids is 1. The molecule has 8 nitrogen and oxygen atoms in total. The number of aromatic nitrogens is 4. The van der Waals surface area contributed by atoms with E-state index in [9.17, 15) is 4.79 Å². The molecule has 0 fully saturated rings. The van der Waals surface area contributed by atoms with E-state index in [-0.39, 0.29) is 0 Å². The van der Waals surface area contributed by atoms with Gasteiger partial charge in [-0.3, -0.25) is 4.79 Å². The highest BCUT2D eigenvalue weighted by Gasteiger charge is 2.07. The van der Waals surface area contributed by atoms with Gasteiger partial charge in [0, 0.05) is 22.1 Å². The van der Waals surface area contributed by atoms with Gasteiger partial charge in [-0.2, -0.15) is 0 Å². The molecular weight excluding hydrogens is 394 g/mol. The molecule has 5 heterocycles. The number of aromatic amines is 2. The Morgan fingerprint density at radius 2 is 1.16 bits per heavy atom. The van der Waals surface area contributed by atoms with Crippen molar-refractivity contribution in [2.75, 3.05) is 6.61 Å². The molecule has 3 aromatic rings. The normalized spacial score (nSPS) is 12.8. The first-order chi connectivity index (χ1) is 15.0. The maximum absolute atomic E-state index is 9.65. The second-order valence-corrected chi connectivity index (χ2v) is 7.03. The first kappa shape index (κ1) is 20.3. The van der Waals surface area contributed by atoms with E-state index < -0.39 is 18.6 Å². The third-order valence-electron chi connectivity index (χ3n) is 4.56. The number of carboxylic acids is 1. The summed E-state index contributed by atoms with van der Waals surface area (Å²) in [6.07, 6.45) is 8.05. The van der Waals surface area contributed by atoms with Crippen LogP contribution in [0.2, 0.25) is 0 Å². The van der Waals surface area contributed by atoms with Crippen molar-refractivity contribution < 1.29 is 15.0 Å². The molecule has 3 aromatic heterocycles. The maximum atomic E-state index is 9.65. The Labute approximate surface area is 177 Å². The zero-order chi connectivity index (χ0) is 21.8. The Kier molecular flexibility index (Phi) is 5.74. The third kappa shape index (κ3) is 5.13. The van der Waals surface area contributed by atoms with Crippen molar-refractivity contribution in [1.82, 2.24) is 19.9 Å². The number of fused-ring (bicyclic) bond motifs is 8. The van der Waals surface area contributed by atoms with Crippen LogP contribution in [-0.2, 0) is 4.79 Å². The van der Waals surface area contributed by atoms with E-state index in [4.69, 9.17) is 15.9 Å². The number of rotatable bonds is 2. The van der Waals surface area contributed by atoms with Crippen molar-refractivity contribution in [3.63, 3.8) is 0 Å². The number of carboxylic acid groups (broad SMARTS) is 1. The minimum atomic E-state index is -1.18. The Bertz CT molecular complexity index is 1240. The summed E-state index contributed by atoms with van der Waals surface area (Å²) < 4.78 is 0. The second kappa shape index (κ2) is 8.78. The number of aliphatic hydroxyl groups is 1. The van der Waals surface area contributed by atoms with Crippen LogP contribution in [0.3, 0.4) is 0 Å². The monoisotopic (exact) mass is 415 g/mol. The molecule has 8 heteroatoms. The SMILES string of the molecule is C1=Cc2cc3ccc(cc4ccc(cc5nc(cc1n2)C=C5)[nH]4)[nH]3.N[C@@H](CO)C(=O)O. The van der Waals surface area contributed by atoms with Crippen LogP contribution < -0.4 is 5.73 Å². The molecule has 0 radical (unpaired) electrons. The van der Waals surface area contributed by atoms with Gasteiger partial charge in [0.25, 0.3) is 0 Å². The van der Waals surface area contributed by atoms with Crippen molar-refractivity contribution in [2.24, 2.45) is 5.73 Å². The van der Waals surface area contributed by atoms with Gasteiger partial charge in [-0.1, -0.05) is 0 Å². The first-order valence-corrected chi connectivity index (χ1v) is 9.62. The minimum Gasteiger partial charge on any atom is -0.480 e. The van der Waals surface area contributed by atoms with E-state index in [1.807, 2.05) is 42.5 Å². The summed E-state index contributed by atoms with van der Waals surface area (Å²) in [4.78, 5) is 25.7. The van der Waals surface area contributed by atoms with Gasteiger partial charge in [-0.15, -0.1) is 0 Å². The van der Waals surface area contributed by atoms with E-state index in [1.165, 1.54) is 0 Å². The van der Waals surface area contributed by atoms with Crippen LogP contribution in [0.5, 0.6) is 0 Å². The lowest BCUT2D eigenvalue weighted by Crippen LogP contribution is -2.33. The molecule has 156 valence electrons. The van der Waals surface area contributed by atoms with Gasteiger partial charge in [0.15, 0.2) is 0 Å². The van der Waals surface area contributed by atoms with Gasteiger partial charge in [0.05, 0.1) is 29.4 Å². The fourth-order valence-corrected chi connectivity index (χ4v) is 3.02. The van der Waals surface area contributed by atoms with Crippen LogP contribution in [0.1, 0.15) is 22.8 Å². The highest BCUT2D eigenvalue weighted by Crippen LogP contribution is 2.17. The lowest BCUT2D eigenvalue weighted by Gasteiger charge is -1.96. The van der Waals surface area contributed by atoms with Crippen molar-refractivity contribution in [3.8, 4) is 0 Å². The van der Waals surface area contributed by atoms with Gasteiger partial charge in [-0.25, -0.2) is 9.97 Å². The number of hydrogen-bond donors (Lipinski definition) is 5. The molecule has 0 aromatic carbocycles. The predicted molar refractivity (Wildman–Crippen MR) is 122 cm³/mol. The summed E-state index contributed by atoms with van der Waals surface area (Å²) in [5, 5.41) is 15.9. The van der Waals surface area contributed by atoms with Gasteiger partial charge < -0.3 is 25.9 Å². The Balaban J connectivity index is 0.000000289. The quantitative estimate of drug-likeness (QED) is 0.300. The van der Waals surface area contributed by atoms with E-state index >= 15 is 0 Å². The highest BCUT2D eigenvalue weighted by molar-refractivity contribution is 5.77. The van der Waals surface area contributed by atoms with Crippen LogP contribution in [0.25, 0.3) is 46.4 Å². The summed E-state index contributed by atoms with van der Waals surface area (Å²) in [6, 6.07) is 15.3. The fraction of sp³-hybridized carbons (Fsp3) is 0.0870. The molecule has 1 atom stereocenters. The molecule has 0 spiro atoms. The largest absolute Gasteiger partial charge is 0.480 e. The molecule has 2 aliphatic heterocycles. The van der Waals surface area contributed by atoms with Crippen molar-refractivity contribution in [2.45, 2.75) is 6.04 Å². The van der Waals surface area contributed by atoms with Crippen LogP contribution >= 0.6 is 0 Å². The molecule has 0 aliphatic carbocycles. The van der Waals surface area contributed by atoms with E-state index in [0.717, 1.165) is 44.8 Å². The summed E-state index contributed by atoms with van der Waals surface area (Å²) in [5.74, 6) is -1.18. The number of nitrogens with zero attached hydrogens (tertiary/aromatic N) is 2. The lowest BCUT2D eigenvalue weighted by molar-refractivity contribution is -0.139. The molecule has 0 saturated heterocycles. The first-order valence-electron chi connectivity index (χ1n) is 9.62. The Morgan fingerprint density at radius 3 is 1.52 bits per heavy atom. The average molecular weight is 415 g/mol. The number of hydrogen-bond acceptors (Lipinski definition) is 5. The molecule has 0 saturated carbocycles. The Morgan fingerprint density at radius 1 is 0.774 bits per heavy atom. The zero-order valence-electron chi connectivity index (χ0n) is 16.5. The van der Waals surface area contributed by atoms with Gasteiger partial charge in [-0.05, 0) is 72.8 Å². The number of nitrogens with two attached hydrogens (primary N) is 1. The van der Waals surface area contributed by atoms with Gasteiger partial charge >= 0.3 is 5.97 Å². The Hall–Kier alpha value is -4.01. The molecular formula is C23H21N5O3. The van der Waals surface area contributed by atoms with Crippen molar-refractivity contribution >= 4 is 52.3 Å². The lowest BCUT2D eigenvalue weighted by atomic mass is 10.3. The summed E-state index contributed by atoms with van der Waals surface area (Å²) in [6.45, 7) is -0.505. The highest BCUT2D eigenvalue weighted by atomic mass is 16.4. The summed E-state index contributed by atoms with van der Waals surface area (Å²) in [5.41, 5.74) is 12.6. The third-order valence-corrected chi connectivity index (χ3v) is 4.56. The van der Waals surface area contributed by atoms with E-state index in [0.29, 0.717) is 0 Å². The predicted octanol–water partition coefficient (Wildman–Crippen LogP) is 3.05. The molecule has 0 unspecified atom stereocenters. The summed E-state index contributed by atoms with van der Waals surface area (Å²) in [7, 11) is 0. The van der Waals surface area contributed by atoms with Crippen LogP contribution in [0.15, 0.2) is 48.5 Å². The number of H-pyrrole nitrogens is 2. The maximum Gasteiger partial charge on any atom is 0.322 e. The van der Waals surface area contributed by atoms with E-state index in [1.54, 1.807) is 0 Å². The van der Waals surface area contributed by atoms with Crippen molar-refractivity contribution in [3.05, 3.63) is 71.3 Å². The van der Waals surface area contributed by atoms with E-state index in [2.05, 4.69) is 50.3 Å². The van der Waals surface area contributed by atoms with Crippen LogP contribution in [-0.4, -0.2) is 48.8 Å². The molecule has 2 aliphatic rings. The zero-order valence-corrected chi connectivity index (χ0v) is 16.5. The summed E-state index contributed by atoms with van der Waals surface area (Å²) >= 11 is 0. The van der Waals surface area contributed by atoms with Crippen molar-refractivity contribution in [1.29, 1.82) is 0 Å². The number of aliphatic hydroxyl groups excluding tert-OH is 1. The van der Waals surface area contributed by atoms with Gasteiger partial charge in [0.2, 0.25) is 0 Å². The minimum absolute atomic E-state index is 0.505.